The fourth-order valence-corrected chi connectivity index (χ4v) is 2.33. The van der Waals surface area contributed by atoms with E-state index in [1.807, 2.05) is 0 Å². The van der Waals surface area contributed by atoms with Crippen LogP contribution in [0.3, 0.4) is 0 Å². The Labute approximate surface area is 144 Å². The highest BCUT2D eigenvalue weighted by atomic mass is 35.5. The Hall–Kier alpha value is -2.24. The average Bonchev–Trinajstić information content (AvgIpc) is 2.59. The Bertz CT molecular complexity index is 701. The summed E-state index contributed by atoms with van der Waals surface area (Å²) in [6.07, 6.45) is -0.00344. The molecule has 126 valence electrons. The molecule has 0 bridgehead atoms. The van der Waals surface area contributed by atoms with Crippen molar-refractivity contribution >= 4 is 23.3 Å². The normalized spacial score (nSPS) is 11.8. The summed E-state index contributed by atoms with van der Waals surface area (Å²) in [5.41, 5.74) is 1.08. The summed E-state index contributed by atoms with van der Waals surface area (Å²) in [6, 6.07) is 11.4. The van der Waals surface area contributed by atoms with Crippen LogP contribution < -0.4 is 5.32 Å². The average molecular weight is 350 g/mol. The molecule has 6 heteroatoms. The molecule has 4 nitrogen and oxygen atoms in total. The van der Waals surface area contributed by atoms with E-state index in [-0.39, 0.29) is 31.1 Å². The minimum atomic E-state index is -0.560. The molecule has 0 heterocycles. The summed E-state index contributed by atoms with van der Waals surface area (Å²) >= 11 is 5.81. The third-order valence-electron chi connectivity index (χ3n) is 3.54. The smallest absolute Gasteiger partial charge is 0.221 e. The van der Waals surface area contributed by atoms with E-state index in [1.165, 1.54) is 24.3 Å². The van der Waals surface area contributed by atoms with Crippen LogP contribution in [-0.4, -0.2) is 23.4 Å². The van der Waals surface area contributed by atoms with E-state index in [0.29, 0.717) is 10.6 Å². The maximum Gasteiger partial charge on any atom is 0.221 e. The number of aliphatic hydroxyl groups excluding tert-OH is 1. The molecule has 1 unspecified atom stereocenters. The summed E-state index contributed by atoms with van der Waals surface area (Å²) < 4.78 is 12.8. The number of ketones is 1. The van der Waals surface area contributed by atoms with Gasteiger partial charge in [0, 0.05) is 23.4 Å². The van der Waals surface area contributed by atoms with Crippen LogP contribution in [0, 0.1) is 5.82 Å². The number of Topliss-reactive ketones (excluding diaryl/α,β-unsaturated/α-hetero) is 1. The van der Waals surface area contributed by atoms with E-state index in [0.717, 1.165) is 5.56 Å². The number of halogens is 2. The highest BCUT2D eigenvalue weighted by molar-refractivity contribution is 6.30. The zero-order valence-corrected chi connectivity index (χ0v) is 13.6. The molecular formula is C18H17ClFNO3. The number of benzene rings is 2. The second kappa shape index (κ2) is 8.57. The van der Waals surface area contributed by atoms with Crippen molar-refractivity contribution in [2.24, 2.45) is 0 Å². The van der Waals surface area contributed by atoms with Gasteiger partial charge >= 0.3 is 0 Å². The molecule has 2 aromatic rings. The molecule has 0 radical (unpaired) electrons. The maximum atomic E-state index is 12.8. The monoisotopic (exact) mass is 349 g/mol. The Balaban J connectivity index is 1.88. The van der Waals surface area contributed by atoms with E-state index in [2.05, 4.69) is 5.32 Å². The number of amides is 1. The summed E-state index contributed by atoms with van der Waals surface area (Å²) in [5, 5.41) is 12.7. The lowest BCUT2D eigenvalue weighted by atomic mass is 10.1. The Morgan fingerprint density at radius 1 is 1.04 bits per heavy atom. The van der Waals surface area contributed by atoms with Crippen molar-refractivity contribution in [3.8, 4) is 0 Å². The predicted molar refractivity (Wildman–Crippen MR) is 89.4 cm³/mol. The third-order valence-corrected chi connectivity index (χ3v) is 3.79. The highest BCUT2D eigenvalue weighted by Gasteiger charge is 2.15. The minimum absolute atomic E-state index is 0.0102. The Morgan fingerprint density at radius 2 is 1.67 bits per heavy atom. The number of carbonyl (C=O) groups excluding carboxylic acids is 2. The van der Waals surface area contributed by atoms with Crippen LogP contribution in [0.2, 0.25) is 5.02 Å². The number of nitrogens with one attached hydrogen (secondary N) is 1. The number of hydrogen-bond acceptors (Lipinski definition) is 3. The van der Waals surface area contributed by atoms with E-state index >= 15 is 0 Å². The molecule has 2 aromatic carbocycles. The van der Waals surface area contributed by atoms with Gasteiger partial charge in [0.1, 0.15) is 5.82 Å². The fourth-order valence-electron chi connectivity index (χ4n) is 2.20. The molecule has 24 heavy (non-hydrogen) atoms. The zero-order chi connectivity index (χ0) is 17.5. The first kappa shape index (κ1) is 18.1. The molecule has 2 rings (SSSR count). The van der Waals surface area contributed by atoms with E-state index in [9.17, 15) is 19.1 Å². The molecule has 0 saturated carbocycles. The van der Waals surface area contributed by atoms with E-state index in [4.69, 9.17) is 11.6 Å². The number of aliphatic hydroxyl groups is 1. The SMILES string of the molecule is O=C(CCC(=O)c1ccc(F)cc1)NC(CO)c1ccc(Cl)cc1. The maximum absolute atomic E-state index is 12.8. The molecule has 0 fully saturated rings. The highest BCUT2D eigenvalue weighted by Crippen LogP contribution is 2.16. The number of hydrogen-bond donors (Lipinski definition) is 2. The van der Waals surface area contributed by atoms with Crippen LogP contribution in [0.15, 0.2) is 48.5 Å². The van der Waals surface area contributed by atoms with Gasteiger partial charge in [0.25, 0.3) is 0 Å². The summed E-state index contributed by atoms with van der Waals surface area (Å²) in [5.74, 6) is -1.00. The van der Waals surface area contributed by atoms with Gasteiger partial charge < -0.3 is 10.4 Å². The largest absolute Gasteiger partial charge is 0.394 e. The Kier molecular flexibility index (Phi) is 6.46. The van der Waals surface area contributed by atoms with Crippen molar-refractivity contribution < 1.29 is 19.1 Å². The van der Waals surface area contributed by atoms with Gasteiger partial charge in [0.15, 0.2) is 5.78 Å². The quantitative estimate of drug-likeness (QED) is 0.754. The van der Waals surface area contributed by atoms with Gasteiger partial charge in [0.05, 0.1) is 12.6 Å². The van der Waals surface area contributed by atoms with Gasteiger partial charge in [-0.05, 0) is 42.0 Å². The number of rotatable bonds is 7. The third kappa shape index (κ3) is 5.15. The molecule has 0 saturated heterocycles. The molecular weight excluding hydrogens is 333 g/mol. The van der Waals surface area contributed by atoms with E-state index in [1.54, 1.807) is 24.3 Å². The zero-order valence-electron chi connectivity index (χ0n) is 12.8. The topological polar surface area (TPSA) is 66.4 Å². The summed E-state index contributed by atoms with van der Waals surface area (Å²) in [6.45, 7) is -0.265. The first-order valence-electron chi connectivity index (χ1n) is 7.44. The van der Waals surface area contributed by atoms with Crippen molar-refractivity contribution in [3.05, 3.63) is 70.5 Å². The molecule has 0 aliphatic carbocycles. The summed E-state index contributed by atoms with van der Waals surface area (Å²) in [4.78, 5) is 23.9. The molecule has 0 aliphatic rings. The second-order valence-corrected chi connectivity index (χ2v) is 5.72. The minimum Gasteiger partial charge on any atom is -0.394 e. The predicted octanol–water partition coefficient (Wildman–Crippen LogP) is 3.29. The molecule has 0 spiro atoms. The van der Waals surface area contributed by atoms with Gasteiger partial charge in [-0.25, -0.2) is 4.39 Å². The van der Waals surface area contributed by atoms with Crippen molar-refractivity contribution in [3.63, 3.8) is 0 Å². The van der Waals surface area contributed by atoms with Gasteiger partial charge in [-0.15, -0.1) is 0 Å². The lowest BCUT2D eigenvalue weighted by molar-refractivity contribution is -0.122. The molecule has 0 aromatic heterocycles. The van der Waals surface area contributed by atoms with Crippen LogP contribution in [0.4, 0.5) is 4.39 Å². The Morgan fingerprint density at radius 3 is 2.25 bits per heavy atom. The van der Waals surface area contributed by atoms with Gasteiger partial charge in [-0.2, -0.15) is 0 Å². The van der Waals surface area contributed by atoms with Crippen LogP contribution >= 0.6 is 11.6 Å². The van der Waals surface area contributed by atoms with E-state index < -0.39 is 11.9 Å². The van der Waals surface area contributed by atoms with Crippen molar-refractivity contribution in [1.82, 2.24) is 5.32 Å². The lowest BCUT2D eigenvalue weighted by Gasteiger charge is -2.16. The lowest BCUT2D eigenvalue weighted by Crippen LogP contribution is -2.31. The van der Waals surface area contributed by atoms with Gasteiger partial charge in [-0.3, -0.25) is 9.59 Å². The molecule has 0 aliphatic heterocycles. The van der Waals surface area contributed by atoms with Crippen LogP contribution in [0.5, 0.6) is 0 Å². The van der Waals surface area contributed by atoms with Gasteiger partial charge in [0.2, 0.25) is 5.91 Å². The van der Waals surface area contributed by atoms with Crippen molar-refractivity contribution in [2.45, 2.75) is 18.9 Å². The van der Waals surface area contributed by atoms with Crippen LogP contribution in [0.25, 0.3) is 0 Å². The number of carbonyl (C=O) groups is 2. The van der Waals surface area contributed by atoms with Crippen LogP contribution in [0.1, 0.15) is 34.8 Å². The fraction of sp³-hybridized carbons (Fsp3) is 0.222. The second-order valence-electron chi connectivity index (χ2n) is 5.28. The van der Waals surface area contributed by atoms with Crippen LogP contribution in [-0.2, 0) is 4.79 Å². The first-order valence-corrected chi connectivity index (χ1v) is 7.82. The summed E-state index contributed by atoms with van der Waals surface area (Å²) in [7, 11) is 0. The van der Waals surface area contributed by atoms with Crippen molar-refractivity contribution in [2.75, 3.05) is 6.61 Å². The van der Waals surface area contributed by atoms with Gasteiger partial charge in [-0.1, -0.05) is 23.7 Å². The molecule has 1 amide bonds. The first-order chi connectivity index (χ1) is 11.5. The molecule has 1 atom stereocenters. The van der Waals surface area contributed by atoms with Crippen molar-refractivity contribution in [1.29, 1.82) is 0 Å². The standard InChI is InChI=1S/C18H17ClFNO3/c19-14-5-1-12(2-6-14)16(11-22)21-18(24)10-9-17(23)13-3-7-15(20)8-4-13/h1-8,16,22H,9-11H2,(H,21,24). The molecule has 2 N–H and O–H groups in total.